The van der Waals surface area contributed by atoms with Gasteiger partial charge in [0.05, 0.1) is 6.10 Å². The van der Waals surface area contributed by atoms with Gasteiger partial charge in [0.1, 0.15) is 0 Å². The molecule has 0 atom stereocenters. The lowest BCUT2D eigenvalue weighted by molar-refractivity contribution is -0.177. The van der Waals surface area contributed by atoms with E-state index in [1.165, 1.54) is 0 Å². The van der Waals surface area contributed by atoms with Crippen molar-refractivity contribution in [3.63, 3.8) is 0 Å². The minimum atomic E-state index is -3.32. The molecule has 0 aliphatic heterocycles. The molecule has 0 saturated carbocycles. The van der Waals surface area contributed by atoms with Gasteiger partial charge >= 0.3 is 11.9 Å². The number of carbonyl (C=O) groups excluding carboxylic acids is 1. The Bertz CT molecular complexity index is 203. The summed E-state index contributed by atoms with van der Waals surface area (Å²) in [6.07, 6.45) is 3.32. The standard InChI is InChI=1S/C12H22F2O2/c1-4-5-6-7-8-9-12(13,14)11(15)16-10(2)3/h10H,4-9H2,1-3H3. The van der Waals surface area contributed by atoms with Gasteiger partial charge in [0, 0.05) is 6.42 Å². The van der Waals surface area contributed by atoms with Gasteiger partial charge in [0.15, 0.2) is 0 Å². The molecule has 0 N–H and O–H groups in total. The topological polar surface area (TPSA) is 26.3 Å². The summed E-state index contributed by atoms with van der Waals surface area (Å²) in [5, 5.41) is 0. The lowest BCUT2D eigenvalue weighted by Gasteiger charge is -2.16. The molecule has 0 bridgehead atoms. The molecule has 0 aliphatic carbocycles. The number of hydrogen-bond acceptors (Lipinski definition) is 2. The first-order chi connectivity index (χ1) is 7.40. The van der Waals surface area contributed by atoms with Crippen LogP contribution in [0, 0.1) is 0 Å². The second kappa shape index (κ2) is 7.58. The quantitative estimate of drug-likeness (QED) is 0.471. The maximum absolute atomic E-state index is 13.2. The fourth-order valence-electron chi connectivity index (χ4n) is 1.35. The van der Waals surface area contributed by atoms with Crippen molar-refractivity contribution < 1.29 is 18.3 Å². The molecule has 0 aromatic carbocycles. The minimum absolute atomic E-state index is 0.375. The third-order valence-corrected chi connectivity index (χ3v) is 2.24. The van der Waals surface area contributed by atoms with Crippen LogP contribution in [0.15, 0.2) is 0 Å². The van der Waals surface area contributed by atoms with E-state index in [1.54, 1.807) is 13.8 Å². The summed E-state index contributed by atoms with van der Waals surface area (Å²) in [6, 6.07) is 0. The van der Waals surface area contributed by atoms with Gasteiger partial charge in [0.2, 0.25) is 0 Å². The van der Waals surface area contributed by atoms with Gasteiger partial charge in [-0.2, -0.15) is 8.78 Å². The summed E-state index contributed by atoms with van der Waals surface area (Å²) in [5.41, 5.74) is 0. The van der Waals surface area contributed by atoms with E-state index >= 15 is 0 Å². The molecule has 0 aromatic heterocycles. The SMILES string of the molecule is CCCCCCCC(F)(F)C(=O)OC(C)C. The maximum Gasteiger partial charge on any atom is 0.377 e. The summed E-state index contributed by atoms with van der Waals surface area (Å²) >= 11 is 0. The van der Waals surface area contributed by atoms with Crippen molar-refractivity contribution in [1.82, 2.24) is 0 Å². The lowest BCUT2D eigenvalue weighted by Crippen LogP contribution is -2.32. The number of esters is 1. The largest absolute Gasteiger partial charge is 0.459 e. The zero-order valence-corrected chi connectivity index (χ0v) is 10.4. The van der Waals surface area contributed by atoms with Crippen LogP contribution < -0.4 is 0 Å². The third-order valence-electron chi connectivity index (χ3n) is 2.24. The van der Waals surface area contributed by atoms with Crippen LogP contribution in [0.5, 0.6) is 0 Å². The summed E-state index contributed by atoms with van der Waals surface area (Å²) in [4.78, 5) is 11.0. The molecule has 0 rings (SSSR count). The molecule has 0 radical (unpaired) electrons. The predicted octanol–water partition coefficient (Wildman–Crippen LogP) is 3.93. The van der Waals surface area contributed by atoms with Crippen LogP contribution in [0.3, 0.4) is 0 Å². The molecule has 16 heavy (non-hydrogen) atoms. The Kier molecular flexibility index (Phi) is 7.26. The van der Waals surface area contributed by atoms with Crippen molar-refractivity contribution in [1.29, 1.82) is 0 Å². The number of rotatable bonds is 8. The van der Waals surface area contributed by atoms with E-state index in [-0.39, 0.29) is 0 Å². The number of hydrogen-bond donors (Lipinski definition) is 0. The second-order valence-electron chi connectivity index (χ2n) is 4.32. The molecule has 0 heterocycles. The van der Waals surface area contributed by atoms with E-state index < -0.39 is 24.4 Å². The summed E-state index contributed by atoms with van der Waals surface area (Å²) in [5.74, 6) is -4.71. The van der Waals surface area contributed by atoms with Crippen molar-refractivity contribution in [2.45, 2.75) is 71.3 Å². The van der Waals surface area contributed by atoms with E-state index in [0.29, 0.717) is 6.42 Å². The molecule has 0 unspecified atom stereocenters. The van der Waals surface area contributed by atoms with E-state index in [1.807, 2.05) is 0 Å². The minimum Gasteiger partial charge on any atom is -0.459 e. The summed E-state index contributed by atoms with van der Waals surface area (Å²) in [6.45, 7) is 5.19. The Morgan fingerprint density at radius 1 is 1.19 bits per heavy atom. The summed E-state index contributed by atoms with van der Waals surface area (Å²) < 4.78 is 30.9. The van der Waals surface area contributed by atoms with Gasteiger partial charge in [0.25, 0.3) is 0 Å². The first kappa shape index (κ1) is 15.3. The molecule has 4 heteroatoms. The van der Waals surface area contributed by atoms with Gasteiger partial charge in [-0.25, -0.2) is 4.79 Å². The van der Waals surface area contributed by atoms with Gasteiger partial charge in [-0.1, -0.05) is 32.6 Å². The number of ether oxygens (including phenoxy) is 1. The molecule has 0 amide bonds. The van der Waals surface area contributed by atoms with Crippen molar-refractivity contribution in [2.24, 2.45) is 0 Å². The first-order valence-corrected chi connectivity index (χ1v) is 5.99. The number of alkyl halides is 2. The van der Waals surface area contributed by atoms with Gasteiger partial charge < -0.3 is 4.74 Å². The molecule has 0 aliphatic rings. The van der Waals surface area contributed by atoms with Crippen LogP contribution >= 0.6 is 0 Å². The Morgan fingerprint density at radius 2 is 1.75 bits per heavy atom. The monoisotopic (exact) mass is 236 g/mol. The lowest BCUT2D eigenvalue weighted by atomic mass is 10.1. The maximum atomic E-state index is 13.2. The molecule has 0 aromatic rings. The van der Waals surface area contributed by atoms with Crippen molar-refractivity contribution in [3.8, 4) is 0 Å². The van der Waals surface area contributed by atoms with E-state index in [4.69, 9.17) is 0 Å². The molecular formula is C12H22F2O2. The molecule has 0 spiro atoms. The van der Waals surface area contributed by atoms with E-state index in [0.717, 1.165) is 25.7 Å². The van der Waals surface area contributed by atoms with E-state index in [9.17, 15) is 13.6 Å². The van der Waals surface area contributed by atoms with E-state index in [2.05, 4.69) is 11.7 Å². The van der Waals surface area contributed by atoms with Gasteiger partial charge in [-0.15, -0.1) is 0 Å². The highest BCUT2D eigenvalue weighted by atomic mass is 19.3. The van der Waals surface area contributed by atoms with Crippen LogP contribution in [-0.4, -0.2) is 18.0 Å². The second-order valence-corrected chi connectivity index (χ2v) is 4.32. The molecule has 2 nitrogen and oxygen atoms in total. The van der Waals surface area contributed by atoms with Crippen molar-refractivity contribution in [3.05, 3.63) is 0 Å². The molecule has 96 valence electrons. The van der Waals surface area contributed by atoms with Gasteiger partial charge in [-0.3, -0.25) is 0 Å². The Morgan fingerprint density at radius 3 is 2.25 bits per heavy atom. The zero-order valence-electron chi connectivity index (χ0n) is 10.4. The van der Waals surface area contributed by atoms with Gasteiger partial charge in [-0.05, 0) is 20.3 Å². The first-order valence-electron chi connectivity index (χ1n) is 5.99. The zero-order chi connectivity index (χ0) is 12.6. The highest BCUT2D eigenvalue weighted by Crippen LogP contribution is 2.24. The Hall–Kier alpha value is -0.670. The van der Waals surface area contributed by atoms with Crippen LogP contribution in [-0.2, 0) is 9.53 Å². The van der Waals surface area contributed by atoms with Crippen LogP contribution in [0.4, 0.5) is 8.78 Å². The summed E-state index contributed by atoms with van der Waals surface area (Å²) in [7, 11) is 0. The average Bonchev–Trinajstić information content (AvgIpc) is 2.16. The van der Waals surface area contributed by atoms with Crippen LogP contribution in [0.25, 0.3) is 0 Å². The average molecular weight is 236 g/mol. The molecule has 0 saturated heterocycles. The Labute approximate surface area is 96.4 Å². The highest BCUT2D eigenvalue weighted by Gasteiger charge is 2.40. The van der Waals surface area contributed by atoms with Crippen molar-refractivity contribution in [2.75, 3.05) is 0 Å². The normalized spacial score (nSPS) is 11.9. The smallest absolute Gasteiger partial charge is 0.377 e. The number of unbranched alkanes of at least 4 members (excludes halogenated alkanes) is 4. The third kappa shape index (κ3) is 6.75. The molecule has 0 fully saturated rings. The fourth-order valence-corrected chi connectivity index (χ4v) is 1.35. The fraction of sp³-hybridized carbons (Fsp3) is 0.917. The van der Waals surface area contributed by atoms with Crippen LogP contribution in [0.1, 0.15) is 59.3 Å². The van der Waals surface area contributed by atoms with Crippen molar-refractivity contribution >= 4 is 5.97 Å². The number of halogens is 2. The predicted molar refractivity (Wildman–Crippen MR) is 59.6 cm³/mol. The highest BCUT2D eigenvalue weighted by molar-refractivity contribution is 5.77. The van der Waals surface area contributed by atoms with Crippen LogP contribution in [0.2, 0.25) is 0 Å². The number of carbonyl (C=O) groups is 1. The Balaban J connectivity index is 3.81. The molecular weight excluding hydrogens is 214 g/mol.